The van der Waals surface area contributed by atoms with Gasteiger partial charge < -0.3 is 14.6 Å². The van der Waals surface area contributed by atoms with Gasteiger partial charge in [-0.1, -0.05) is 18.2 Å². The number of aliphatic hydroxyl groups is 1. The lowest BCUT2D eigenvalue weighted by Crippen LogP contribution is -2.22. The summed E-state index contributed by atoms with van der Waals surface area (Å²) in [6.45, 7) is 0. The van der Waals surface area contributed by atoms with Crippen molar-refractivity contribution in [2.75, 3.05) is 14.2 Å². The predicted octanol–water partition coefficient (Wildman–Crippen LogP) is 4.12. The number of hydrogen-bond donors (Lipinski definition) is 1. The molecule has 2 aromatic carbocycles. The highest BCUT2D eigenvalue weighted by molar-refractivity contribution is 8.00. The second-order valence-corrected chi connectivity index (χ2v) is 5.71. The van der Waals surface area contributed by atoms with Crippen LogP contribution in [0.15, 0.2) is 53.4 Å². The molecule has 0 aliphatic heterocycles. The number of thioether (sulfide) groups is 1. The van der Waals surface area contributed by atoms with E-state index in [1.54, 1.807) is 30.3 Å². The lowest BCUT2D eigenvalue weighted by molar-refractivity contribution is -0.0365. The zero-order chi connectivity index (χ0) is 16.2. The molecule has 118 valence electrons. The monoisotopic (exact) mass is 326 g/mol. The van der Waals surface area contributed by atoms with E-state index in [0.717, 1.165) is 0 Å². The first-order valence-electron chi connectivity index (χ1n) is 6.50. The Morgan fingerprint density at radius 2 is 1.73 bits per heavy atom. The molecule has 0 aliphatic rings. The summed E-state index contributed by atoms with van der Waals surface area (Å²) in [5.41, 5.74) is 0.0109. The lowest BCUT2D eigenvalue weighted by atomic mass is 10.1. The van der Waals surface area contributed by atoms with Crippen molar-refractivity contribution in [1.82, 2.24) is 0 Å². The first-order valence-corrected chi connectivity index (χ1v) is 7.31. The molecule has 0 saturated heterocycles. The van der Waals surface area contributed by atoms with Gasteiger partial charge in [0.25, 0.3) is 0 Å². The van der Waals surface area contributed by atoms with Gasteiger partial charge in [-0.15, -0.1) is 0 Å². The van der Waals surface area contributed by atoms with Crippen molar-refractivity contribution < 1.29 is 23.4 Å². The van der Waals surface area contributed by atoms with Gasteiger partial charge in [-0.25, -0.2) is 0 Å². The molecule has 1 N–H and O–H groups in total. The van der Waals surface area contributed by atoms with Crippen LogP contribution in [0.3, 0.4) is 0 Å². The topological polar surface area (TPSA) is 38.7 Å². The number of halogens is 2. The fourth-order valence-electron chi connectivity index (χ4n) is 1.93. The minimum absolute atomic E-state index is 0.0109. The highest BCUT2D eigenvalue weighted by Gasteiger charge is 2.42. The predicted molar refractivity (Wildman–Crippen MR) is 81.8 cm³/mol. The van der Waals surface area contributed by atoms with Gasteiger partial charge in [0.15, 0.2) is 6.10 Å². The molecule has 1 atom stereocenters. The second kappa shape index (κ2) is 6.98. The largest absolute Gasteiger partial charge is 0.497 e. The van der Waals surface area contributed by atoms with Crippen LogP contribution in [0.1, 0.15) is 11.7 Å². The Morgan fingerprint density at radius 1 is 1.05 bits per heavy atom. The van der Waals surface area contributed by atoms with Gasteiger partial charge in [-0.2, -0.15) is 8.78 Å². The zero-order valence-corrected chi connectivity index (χ0v) is 12.9. The van der Waals surface area contributed by atoms with Crippen molar-refractivity contribution in [3.8, 4) is 11.5 Å². The Labute approximate surface area is 131 Å². The summed E-state index contributed by atoms with van der Waals surface area (Å²) >= 11 is 0.308. The summed E-state index contributed by atoms with van der Waals surface area (Å²) in [6.07, 6.45) is -2.00. The van der Waals surface area contributed by atoms with Crippen molar-refractivity contribution >= 4 is 11.8 Å². The second-order valence-electron chi connectivity index (χ2n) is 4.49. The lowest BCUT2D eigenvalue weighted by Gasteiger charge is -2.23. The number of alkyl halides is 2. The maximum atomic E-state index is 14.3. The minimum Gasteiger partial charge on any atom is -0.497 e. The quantitative estimate of drug-likeness (QED) is 0.811. The molecule has 2 rings (SSSR count). The molecule has 3 nitrogen and oxygen atoms in total. The van der Waals surface area contributed by atoms with E-state index in [-0.39, 0.29) is 11.3 Å². The fourth-order valence-corrected chi connectivity index (χ4v) is 2.77. The SMILES string of the molecule is COc1ccc(C(O)C(F)(F)Sc2ccccc2)c(OC)c1. The third kappa shape index (κ3) is 3.69. The molecule has 1 unspecified atom stereocenters. The Morgan fingerprint density at radius 3 is 2.32 bits per heavy atom. The summed E-state index contributed by atoms with van der Waals surface area (Å²) in [5.74, 6) is 0.618. The average molecular weight is 326 g/mol. The van der Waals surface area contributed by atoms with Crippen molar-refractivity contribution in [1.29, 1.82) is 0 Å². The molecule has 6 heteroatoms. The number of aliphatic hydroxyl groups excluding tert-OH is 1. The number of rotatable bonds is 6. The van der Waals surface area contributed by atoms with Crippen LogP contribution >= 0.6 is 11.8 Å². The Kier molecular flexibility index (Phi) is 5.26. The third-order valence-corrected chi connectivity index (χ3v) is 4.05. The average Bonchev–Trinajstić information content (AvgIpc) is 2.54. The standard InChI is InChI=1S/C16H16F2O3S/c1-20-11-8-9-13(14(10-11)21-2)15(19)16(17,18)22-12-6-4-3-5-7-12/h3-10,15,19H,1-2H3. The summed E-state index contributed by atoms with van der Waals surface area (Å²) in [5, 5.41) is 6.69. The van der Waals surface area contributed by atoms with E-state index in [4.69, 9.17) is 9.47 Å². The molecular weight excluding hydrogens is 310 g/mol. The maximum Gasteiger partial charge on any atom is 0.327 e. The summed E-state index contributed by atoms with van der Waals surface area (Å²) < 4.78 is 38.7. The van der Waals surface area contributed by atoms with E-state index >= 15 is 0 Å². The Bertz CT molecular complexity index is 620. The molecule has 0 spiro atoms. The molecular formula is C16H16F2O3S. The first kappa shape index (κ1) is 16.6. The van der Waals surface area contributed by atoms with E-state index in [0.29, 0.717) is 22.4 Å². The van der Waals surface area contributed by atoms with Gasteiger partial charge in [0.05, 0.1) is 14.2 Å². The Hall–Kier alpha value is -1.79. The molecule has 2 aromatic rings. The minimum atomic E-state index is -3.40. The fraction of sp³-hybridized carbons (Fsp3) is 0.250. The van der Waals surface area contributed by atoms with Gasteiger partial charge in [-0.3, -0.25) is 0 Å². The van der Waals surface area contributed by atoms with Crippen LogP contribution < -0.4 is 9.47 Å². The molecule has 0 bridgehead atoms. The number of ether oxygens (including phenoxy) is 2. The van der Waals surface area contributed by atoms with E-state index in [2.05, 4.69) is 0 Å². The van der Waals surface area contributed by atoms with Crippen LogP contribution in [-0.4, -0.2) is 24.6 Å². The van der Waals surface area contributed by atoms with Crippen LogP contribution in [0.5, 0.6) is 11.5 Å². The van der Waals surface area contributed by atoms with E-state index in [9.17, 15) is 13.9 Å². The number of methoxy groups -OCH3 is 2. The van der Waals surface area contributed by atoms with Crippen LogP contribution in [0, 0.1) is 0 Å². The molecule has 0 saturated carbocycles. The molecule has 22 heavy (non-hydrogen) atoms. The molecule has 0 heterocycles. The van der Waals surface area contributed by atoms with Gasteiger partial charge in [0.2, 0.25) is 0 Å². The summed E-state index contributed by atoms with van der Waals surface area (Å²) in [7, 11) is 2.82. The zero-order valence-electron chi connectivity index (χ0n) is 12.1. The van der Waals surface area contributed by atoms with Crippen LogP contribution in [0.4, 0.5) is 8.78 Å². The van der Waals surface area contributed by atoms with Crippen molar-refractivity contribution in [2.24, 2.45) is 0 Å². The molecule has 0 aliphatic carbocycles. The summed E-state index contributed by atoms with van der Waals surface area (Å²) in [4.78, 5) is 0.374. The van der Waals surface area contributed by atoms with E-state index in [1.807, 2.05) is 0 Å². The number of hydrogen-bond acceptors (Lipinski definition) is 4. The van der Waals surface area contributed by atoms with Gasteiger partial charge in [-0.05, 0) is 36.0 Å². The van der Waals surface area contributed by atoms with Gasteiger partial charge in [0.1, 0.15) is 11.5 Å². The third-order valence-electron chi connectivity index (χ3n) is 3.05. The highest BCUT2D eigenvalue weighted by atomic mass is 32.2. The maximum absolute atomic E-state index is 14.3. The summed E-state index contributed by atoms with van der Waals surface area (Å²) in [6, 6.07) is 12.5. The van der Waals surface area contributed by atoms with Crippen molar-refractivity contribution in [3.63, 3.8) is 0 Å². The van der Waals surface area contributed by atoms with Crippen LogP contribution in [0.2, 0.25) is 0 Å². The normalized spacial score (nSPS) is 12.8. The highest BCUT2D eigenvalue weighted by Crippen LogP contribution is 2.47. The van der Waals surface area contributed by atoms with Crippen molar-refractivity contribution in [2.45, 2.75) is 16.3 Å². The molecule has 0 radical (unpaired) electrons. The van der Waals surface area contributed by atoms with E-state index < -0.39 is 11.4 Å². The molecule has 0 aromatic heterocycles. The Balaban J connectivity index is 2.27. The first-order chi connectivity index (χ1) is 10.5. The molecule has 0 amide bonds. The van der Waals surface area contributed by atoms with Crippen LogP contribution in [-0.2, 0) is 0 Å². The van der Waals surface area contributed by atoms with Crippen molar-refractivity contribution in [3.05, 3.63) is 54.1 Å². The van der Waals surface area contributed by atoms with Gasteiger partial charge in [0, 0.05) is 16.5 Å². The van der Waals surface area contributed by atoms with Gasteiger partial charge >= 0.3 is 5.25 Å². The van der Waals surface area contributed by atoms with E-state index in [1.165, 1.54) is 32.4 Å². The smallest absolute Gasteiger partial charge is 0.327 e. The van der Waals surface area contributed by atoms with Crippen LogP contribution in [0.25, 0.3) is 0 Å². The number of benzene rings is 2. The molecule has 0 fully saturated rings.